The summed E-state index contributed by atoms with van der Waals surface area (Å²) in [7, 11) is 0. The summed E-state index contributed by atoms with van der Waals surface area (Å²) in [4.78, 5) is 14.4. The Kier molecular flexibility index (Phi) is 6.27. The number of urea groups is 1. The number of nitrogens with zero attached hydrogens (tertiary/aromatic N) is 1. The van der Waals surface area contributed by atoms with Gasteiger partial charge in [-0.2, -0.15) is 0 Å². The second kappa shape index (κ2) is 8.04. The topological polar surface area (TPSA) is 64.6 Å². The Hall–Kier alpha value is -1.82. The number of carbonyl (C=O) groups excluding carboxylic acids is 1. The number of nitrogens with one attached hydrogen (secondary N) is 2. The molecule has 0 bridgehead atoms. The van der Waals surface area contributed by atoms with E-state index < -0.39 is 5.60 Å². The maximum atomic E-state index is 13.3. The normalized spacial score (nSPS) is 19.4. The van der Waals surface area contributed by atoms with Gasteiger partial charge in [0.25, 0.3) is 0 Å². The number of halogens is 1. The number of carbonyl (C=O) groups is 1. The van der Waals surface area contributed by atoms with Crippen molar-refractivity contribution in [3.05, 3.63) is 29.6 Å². The average Bonchev–Trinajstić information content (AvgIpc) is 2.44. The van der Waals surface area contributed by atoms with Crippen molar-refractivity contribution in [2.24, 2.45) is 0 Å². The summed E-state index contributed by atoms with van der Waals surface area (Å²) < 4.78 is 13.3. The number of rotatable bonds is 5. The smallest absolute Gasteiger partial charge is 0.315 e. The molecule has 0 saturated carbocycles. The molecule has 2 unspecified atom stereocenters. The third-order valence-electron chi connectivity index (χ3n) is 4.44. The quantitative estimate of drug-likeness (QED) is 0.764. The van der Waals surface area contributed by atoms with Gasteiger partial charge in [-0.1, -0.05) is 0 Å². The molecule has 2 atom stereocenters. The minimum absolute atomic E-state index is 0.0486. The predicted octanol–water partition coefficient (Wildman–Crippen LogP) is 2.95. The Bertz CT molecular complexity index is 601. The van der Waals surface area contributed by atoms with Crippen LogP contribution in [-0.4, -0.2) is 41.9 Å². The average molecular weight is 351 g/mol. The lowest BCUT2D eigenvalue weighted by molar-refractivity contribution is 0.0624. The summed E-state index contributed by atoms with van der Waals surface area (Å²) in [5.74, 6) is -0.229. The third kappa shape index (κ3) is 6.20. The van der Waals surface area contributed by atoms with E-state index in [-0.39, 0.29) is 23.9 Å². The Balaban J connectivity index is 1.89. The molecule has 0 spiro atoms. The molecule has 1 aromatic carbocycles. The second-order valence-electron chi connectivity index (χ2n) is 7.75. The fraction of sp³-hybridized carbons (Fsp3) is 0.632. The standard InChI is InChI=1S/C19H30FN3O2/c1-13-10-15(20)7-8-17(13)23-9-5-6-16(12-23)22-18(24)21-14(2)11-19(3,4)25/h7-8,10,14,16,25H,5-6,9,11-12H2,1-4H3,(H2,21,22,24). The fourth-order valence-corrected chi connectivity index (χ4v) is 3.54. The monoisotopic (exact) mass is 351 g/mol. The molecule has 0 radical (unpaired) electrons. The van der Waals surface area contributed by atoms with Gasteiger partial charge >= 0.3 is 6.03 Å². The summed E-state index contributed by atoms with van der Waals surface area (Å²) in [6.07, 6.45) is 2.39. The molecule has 1 saturated heterocycles. The summed E-state index contributed by atoms with van der Waals surface area (Å²) in [6, 6.07) is 4.55. The first-order valence-electron chi connectivity index (χ1n) is 8.94. The Morgan fingerprint density at radius 2 is 2.20 bits per heavy atom. The Morgan fingerprint density at radius 3 is 2.84 bits per heavy atom. The van der Waals surface area contributed by atoms with Crippen LogP contribution in [0.5, 0.6) is 0 Å². The number of hydrogen-bond donors (Lipinski definition) is 3. The number of aliphatic hydroxyl groups is 1. The zero-order chi connectivity index (χ0) is 18.6. The maximum Gasteiger partial charge on any atom is 0.315 e. The van der Waals surface area contributed by atoms with Gasteiger partial charge in [-0.05, 0) is 70.7 Å². The van der Waals surface area contributed by atoms with E-state index in [4.69, 9.17) is 0 Å². The van der Waals surface area contributed by atoms with E-state index in [1.54, 1.807) is 19.9 Å². The van der Waals surface area contributed by atoms with Gasteiger partial charge in [-0.25, -0.2) is 9.18 Å². The van der Waals surface area contributed by atoms with Crippen molar-refractivity contribution in [2.45, 2.75) is 64.6 Å². The summed E-state index contributed by atoms with van der Waals surface area (Å²) in [5.41, 5.74) is 1.11. The van der Waals surface area contributed by atoms with Crippen LogP contribution in [0.2, 0.25) is 0 Å². The predicted molar refractivity (Wildman–Crippen MR) is 98.4 cm³/mol. The summed E-state index contributed by atoms with van der Waals surface area (Å²) in [5, 5.41) is 15.7. The molecular weight excluding hydrogens is 321 g/mol. The zero-order valence-electron chi connectivity index (χ0n) is 15.6. The van der Waals surface area contributed by atoms with Gasteiger partial charge in [0.1, 0.15) is 5.82 Å². The number of piperidine rings is 1. The van der Waals surface area contributed by atoms with E-state index >= 15 is 0 Å². The molecule has 2 rings (SSSR count). The lowest BCUT2D eigenvalue weighted by atomic mass is 10.0. The van der Waals surface area contributed by atoms with Gasteiger partial charge < -0.3 is 20.6 Å². The van der Waals surface area contributed by atoms with Gasteiger partial charge in [-0.15, -0.1) is 0 Å². The van der Waals surface area contributed by atoms with Gasteiger partial charge in [0, 0.05) is 30.9 Å². The zero-order valence-corrected chi connectivity index (χ0v) is 15.6. The molecule has 140 valence electrons. The summed E-state index contributed by atoms with van der Waals surface area (Å²) in [6.45, 7) is 8.86. The summed E-state index contributed by atoms with van der Waals surface area (Å²) >= 11 is 0. The highest BCUT2D eigenvalue weighted by Gasteiger charge is 2.24. The van der Waals surface area contributed by atoms with Gasteiger partial charge in [0.15, 0.2) is 0 Å². The number of anilines is 1. The van der Waals surface area contributed by atoms with Crippen LogP contribution in [0.25, 0.3) is 0 Å². The first-order valence-corrected chi connectivity index (χ1v) is 8.94. The Labute approximate surface area is 149 Å². The first-order chi connectivity index (χ1) is 11.6. The van der Waals surface area contributed by atoms with Gasteiger partial charge in [0.2, 0.25) is 0 Å². The molecule has 5 nitrogen and oxygen atoms in total. The van der Waals surface area contributed by atoms with Crippen LogP contribution in [-0.2, 0) is 0 Å². The number of aryl methyl sites for hydroxylation is 1. The van der Waals surface area contributed by atoms with E-state index in [9.17, 15) is 14.3 Å². The van der Waals surface area contributed by atoms with Crippen LogP contribution >= 0.6 is 0 Å². The van der Waals surface area contributed by atoms with Crippen molar-refractivity contribution in [1.29, 1.82) is 0 Å². The van der Waals surface area contributed by atoms with Crippen molar-refractivity contribution < 1.29 is 14.3 Å². The minimum atomic E-state index is -0.811. The van der Waals surface area contributed by atoms with Crippen molar-refractivity contribution in [1.82, 2.24) is 10.6 Å². The molecule has 1 aromatic rings. The van der Waals surface area contributed by atoms with E-state index in [0.29, 0.717) is 13.0 Å². The fourth-order valence-electron chi connectivity index (χ4n) is 3.54. The SMILES string of the molecule is Cc1cc(F)ccc1N1CCCC(NC(=O)NC(C)CC(C)(C)O)C1. The van der Waals surface area contributed by atoms with Crippen LogP contribution in [0.15, 0.2) is 18.2 Å². The molecule has 1 heterocycles. The van der Waals surface area contributed by atoms with E-state index in [0.717, 1.165) is 30.6 Å². The van der Waals surface area contributed by atoms with E-state index in [2.05, 4.69) is 15.5 Å². The largest absolute Gasteiger partial charge is 0.390 e. The highest BCUT2D eigenvalue weighted by molar-refractivity contribution is 5.74. The Morgan fingerprint density at radius 1 is 1.48 bits per heavy atom. The molecule has 1 aliphatic heterocycles. The molecule has 1 aliphatic rings. The second-order valence-corrected chi connectivity index (χ2v) is 7.75. The molecule has 25 heavy (non-hydrogen) atoms. The van der Waals surface area contributed by atoms with Crippen LogP contribution in [0.3, 0.4) is 0 Å². The van der Waals surface area contributed by atoms with Gasteiger partial charge in [-0.3, -0.25) is 0 Å². The first kappa shape index (κ1) is 19.5. The van der Waals surface area contributed by atoms with Gasteiger partial charge in [0.05, 0.1) is 5.60 Å². The van der Waals surface area contributed by atoms with Crippen molar-refractivity contribution in [2.75, 3.05) is 18.0 Å². The van der Waals surface area contributed by atoms with Crippen LogP contribution in [0.1, 0.15) is 45.6 Å². The van der Waals surface area contributed by atoms with Crippen molar-refractivity contribution in [3.63, 3.8) is 0 Å². The highest BCUT2D eigenvalue weighted by Crippen LogP contribution is 2.24. The molecule has 1 fully saturated rings. The lowest BCUT2D eigenvalue weighted by Crippen LogP contribution is -2.52. The maximum absolute atomic E-state index is 13.3. The third-order valence-corrected chi connectivity index (χ3v) is 4.44. The van der Waals surface area contributed by atoms with Crippen molar-refractivity contribution in [3.8, 4) is 0 Å². The lowest BCUT2D eigenvalue weighted by Gasteiger charge is -2.36. The van der Waals surface area contributed by atoms with Crippen LogP contribution < -0.4 is 15.5 Å². The molecule has 0 aliphatic carbocycles. The number of benzene rings is 1. The number of amides is 2. The van der Waals surface area contributed by atoms with E-state index in [1.807, 2.05) is 13.8 Å². The number of hydrogen-bond acceptors (Lipinski definition) is 3. The minimum Gasteiger partial charge on any atom is -0.390 e. The highest BCUT2D eigenvalue weighted by atomic mass is 19.1. The van der Waals surface area contributed by atoms with Crippen molar-refractivity contribution >= 4 is 11.7 Å². The molecule has 0 aromatic heterocycles. The van der Waals surface area contributed by atoms with E-state index in [1.165, 1.54) is 12.1 Å². The van der Waals surface area contributed by atoms with Crippen LogP contribution in [0.4, 0.5) is 14.9 Å². The molecule has 2 amide bonds. The molecule has 3 N–H and O–H groups in total. The van der Waals surface area contributed by atoms with Crippen LogP contribution in [0, 0.1) is 12.7 Å². The molecule has 6 heteroatoms. The molecular formula is C19H30FN3O2.